The number of halogens is 4. The molecule has 0 amide bonds. The first kappa shape index (κ1) is 11.7. The topological polar surface area (TPSA) is 18.5 Å². The van der Waals surface area contributed by atoms with Crippen LogP contribution in [-0.2, 0) is 0 Å². The zero-order chi connectivity index (χ0) is 11.6. The van der Waals surface area contributed by atoms with Crippen molar-refractivity contribution in [2.45, 2.75) is 0 Å². The van der Waals surface area contributed by atoms with E-state index in [-0.39, 0.29) is 5.75 Å². The number of benzene rings is 1. The second-order valence-corrected chi connectivity index (χ2v) is 2.80. The summed E-state index contributed by atoms with van der Waals surface area (Å²) < 4.78 is 59.5. The molecular formula is C8H8BF4O2-. The fourth-order valence-electron chi connectivity index (χ4n) is 1.17. The van der Waals surface area contributed by atoms with E-state index >= 15 is 0 Å². The van der Waals surface area contributed by atoms with Gasteiger partial charge in [-0.05, 0) is 5.46 Å². The fourth-order valence-corrected chi connectivity index (χ4v) is 1.17. The summed E-state index contributed by atoms with van der Waals surface area (Å²) >= 11 is 0. The molecule has 2 nitrogen and oxygen atoms in total. The third-order valence-corrected chi connectivity index (χ3v) is 1.85. The van der Waals surface area contributed by atoms with Crippen LogP contribution in [0.15, 0.2) is 12.1 Å². The van der Waals surface area contributed by atoms with Gasteiger partial charge >= 0.3 is 6.98 Å². The van der Waals surface area contributed by atoms with Gasteiger partial charge < -0.3 is 22.4 Å². The second-order valence-electron chi connectivity index (χ2n) is 2.80. The SMILES string of the molecule is COc1cc(F)c([B-](F)(F)F)c(OC)c1. The van der Waals surface area contributed by atoms with Gasteiger partial charge in [0, 0.05) is 12.1 Å². The van der Waals surface area contributed by atoms with Crippen molar-refractivity contribution in [3.05, 3.63) is 17.9 Å². The van der Waals surface area contributed by atoms with Gasteiger partial charge in [0.25, 0.3) is 0 Å². The maximum Gasteiger partial charge on any atom is 0.516 e. The number of rotatable bonds is 3. The predicted molar refractivity (Wildman–Crippen MR) is 48.2 cm³/mol. The molecule has 7 heteroatoms. The van der Waals surface area contributed by atoms with Crippen molar-refractivity contribution < 1.29 is 26.8 Å². The monoisotopic (exact) mass is 223 g/mol. The lowest BCUT2D eigenvalue weighted by molar-refractivity contribution is 0.388. The van der Waals surface area contributed by atoms with Gasteiger partial charge in [-0.1, -0.05) is 0 Å². The van der Waals surface area contributed by atoms with Gasteiger partial charge in [0.1, 0.15) is 11.6 Å². The van der Waals surface area contributed by atoms with E-state index in [1.165, 1.54) is 7.11 Å². The molecule has 0 aliphatic rings. The molecule has 0 fully saturated rings. The summed E-state index contributed by atoms with van der Waals surface area (Å²) in [5, 5.41) is 0. The molecule has 1 rings (SSSR count). The molecule has 0 N–H and O–H groups in total. The van der Waals surface area contributed by atoms with Crippen LogP contribution in [0.2, 0.25) is 0 Å². The summed E-state index contributed by atoms with van der Waals surface area (Å²) in [6.45, 7) is -5.44. The van der Waals surface area contributed by atoms with E-state index in [4.69, 9.17) is 0 Å². The van der Waals surface area contributed by atoms with Crippen LogP contribution in [-0.4, -0.2) is 21.2 Å². The van der Waals surface area contributed by atoms with Crippen LogP contribution in [0.4, 0.5) is 17.3 Å². The lowest BCUT2D eigenvalue weighted by Crippen LogP contribution is -2.37. The van der Waals surface area contributed by atoms with E-state index in [1.54, 1.807) is 0 Å². The summed E-state index contributed by atoms with van der Waals surface area (Å²) in [5.74, 6) is -1.98. The highest BCUT2D eigenvalue weighted by atomic mass is 19.4. The largest absolute Gasteiger partial charge is 0.516 e. The quantitative estimate of drug-likeness (QED) is 0.575. The van der Waals surface area contributed by atoms with Crippen LogP contribution in [0.3, 0.4) is 0 Å². The molecule has 1 aromatic carbocycles. The van der Waals surface area contributed by atoms with Gasteiger partial charge in [-0.2, -0.15) is 0 Å². The highest BCUT2D eigenvalue weighted by Crippen LogP contribution is 2.25. The summed E-state index contributed by atoms with van der Waals surface area (Å²) in [6, 6.07) is 1.67. The van der Waals surface area contributed by atoms with Gasteiger partial charge in [0.2, 0.25) is 0 Å². The zero-order valence-corrected chi connectivity index (χ0v) is 8.06. The predicted octanol–water partition coefficient (Wildman–Crippen LogP) is 1.90. The van der Waals surface area contributed by atoms with E-state index in [0.29, 0.717) is 6.07 Å². The Morgan fingerprint density at radius 2 is 1.67 bits per heavy atom. The van der Waals surface area contributed by atoms with Gasteiger partial charge in [-0.25, -0.2) is 4.39 Å². The molecule has 0 atom stereocenters. The minimum atomic E-state index is -5.44. The van der Waals surface area contributed by atoms with Crippen molar-refractivity contribution in [1.82, 2.24) is 0 Å². The Morgan fingerprint density at radius 1 is 1.07 bits per heavy atom. The number of ether oxygens (including phenoxy) is 2. The first-order valence-electron chi connectivity index (χ1n) is 4.01. The van der Waals surface area contributed by atoms with Crippen LogP contribution >= 0.6 is 0 Å². The number of hydrogen-bond donors (Lipinski definition) is 0. The first-order valence-corrected chi connectivity index (χ1v) is 4.01. The molecule has 0 saturated carbocycles. The average molecular weight is 223 g/mol. The summed E-state index contributed by atoms with van der Waals surface area (Å²) in [5.41, 5.74) is -1.36. The van der Waals surface area contributed by atoms with E-state index in [1.807, 2.05) is 0 Å². The maximum atomic E-state index is 13.1. The lowest BCUT2D eigenvalue weighted by atomic mass is 9.79. The molecule has 0 aliphatic heterocycles. The molecule has 1 aromatic rings. The van der Waals surface area contributed by atoms with Gasteiger partial charge in [0.05, 0.1) is 20.0 Å². The van der Waals surface area contributed by atoms with Gasteiger partial charge in [0.15, 0.2) is 0 Å². The Balaban J connectivity index is 3.38. The number of hydrogen-bond acceptors (Lipinski definition) is 2. The fraction of sp³-hybridized carbons (Fsp3) is 0.250. The molecule has 0 saturated heterocycles. The summed E-state index contributed by atoms with van der Waals surface area (Å²) in [6.07, 6.45) is 0. The van der Waals surface area contributed by atoms with Crippen LogP contribution < -0.4 is 14.9 Å². The molecule has 0 unspecified atom stereocenters. The van der Waals surface area contributed by atoms with Crippen molar-refractivity contribution in [2.75, 3.05) is 14.2 Å². The molecule has 0 heterocycles. The van der Waals surface area contributed by atoms with Crippen LogP contribution in [0.25, 0.3) is 0 Å². The maximum absolute atomic E-state index is 13.1. The lowest BCUT2D eigenvalue weighted by Gasteiger charge is -2.20. The molecule has 84 valence electrons. The average Bonchev–Trinajstić information content (AvgIpc) is 2.14. The van der Waals surface area contributed by atoms with Crippen LogP contribution in [0.5, 0.6) is 11.5 Å². The Morgan fingerprint density at radius 3 is 2.07 bits per heavy atom. The second kappa shape index (κ2) is 4.00. The molecule has 0 bridgehead atoms. The highest BCUT2D eigenvalue weighted by molar-refractivity contribution is 6.74. The molecule has 15 heavy (non-hydrogen) atoms. The first-order chi connectivity index (χ1) is 6.90. The summed E-state index contributed by atoms with van der Waals surface area (Å²) in [4.78, 5) is 0. The van der Waals surface area contributed by atoms with Crippen LogP contribution in [0.1, 0.15) is 0 Å². The normalized spacial score (nSPS) is 11.3. The third kappa shape index (κ3) is 2.34. The Hall–Kier alpha value is -1.40. The van der Waals surface area contributed by atoms with Crippen LogP contribution in [0, 0.1) is 5.82 Å². The standard InChI is InChI=1S/C8H8BF4O2/c1-14-5-3-6(10)8(9(11,12)13)7(4-5)15-2/h3-4H,1-2H3/q-1. The summed E-state index contributed by atoms with van der Waals surface area (Å²) in [7, 11) is 2.27. The molecule has 0 spiro atoms. The number of methoxy groups -OCH3 is 2. The van der Waals surface area contributed by atoms with Gasteiger partial charge in [-0.15, -0.1) is 0 Å². The van der Waals surface area contributed by atoms with Crippen molar-refractivity contribution >= 4 is 12.4 Å². The van der Waals surface area contributed by atoms with Crippen molar-refractivity contribution in [1.29, 1.82) is 0 Å². The van der Waals surface area contributed by atoms with Gasteiger partial charge in [-0.3, -0.25) is 0 Å². The molecule has 0 aromatic heterocycles. The molecular weight excluding hydrogens is 215 g/mol. The Bertz CT molecular complexity index is 364. The molecule has 0 radical (unpaired) electrons. The smallest absolute Gasteiger partial charge is 0.500 e. The van der Waals surface area contributed by atoms with Crippen molar-refractivity contribution in [2.24, 2.45) is 0 Å². The van der Waals surface area contributed by atoms with E-state index in [0.717, 1.165) is 13.2 Å². The van der Waals surface area contributed by atoms with E-state index in [2.05, 4.69) is 9.47 Å². The highest BCUT2D eigenvalue weighted by Gasteiger charge is 2.33. The zero-order valence-electron chi connectivity index (χ0n) is 8.06. The van der Waals surface area contributed by atoms with Crippen molar-refractivity contribution in [3.8, 4) is 11.5 Å². The molecule has 0 aliphatic carbocycles. The Kier molecular flexibility index (Phi) is 3.11. The Labute approximate surface area is 83.9 Å². The van der Waals surface area contributed by atoms with E-state index in [9.17, 15) is 17.3 Å². The minimum absolute atomic E-state index is 0.0202. The van der Waals surface area contributed by atoms with Crippen molar-refractivity contribution in [3.63, 3.8) is 0 Å². The minimum Gasteiger partial charge on any atom is -0.500 e. The third-order valence-electron chi connectivity index (χ3n) is 1.85. The van der Waals surface area contributed by atoms with E-state index < -0.39 is 24.0 Å².